The van der Waals surface area contributed by atoms with Gasteiger partial charge in [-0.1, -0.05) is 0 Å². The van der Waals surface area contributed by atoms with Crippen molar-refractivity contribution in [2.45, 2.75) is 12.4 Å². The first-order valence-electron chi connectivity index (χ1n) is 2.12. The molecule has 0 spiro atoms. The van der Waals surface area contributed by atoms with E-state index in [-0.39, 0.29) is 0 Å². The van der Waals surface area contributed by atoms with Gasteiger partial charge in [-0.25, -0.2) is 0 Å². The van der Waals surface area contributed by atoms with Crippen LogP contribution in [0.3, 0.4) is 0 Å². The van der Waals surface area contributed by atoms with Crippen molar-refractivity contribution in [3.63, 3.8) is 0 Å². The van der Waals surface area contributed by atoms with Crippen LogP contribution >= 0.6 is 0 Å². The van der Waals surface area contributed by atoms with E-state index in [0.29, 0.717) is 0 Å². The summed E-state index contributed by atoms with van der Waals surface area (Å²) in [6, 6.07) is 0. The molecule has 2 nitrogen and oxygen atoms in total. The van der Waals surface area contributed by atoms with Gasteiger partial charge in [-0.15, -0.1) is 13.2 Å². The second-order valence-corrected chi connectivity index (χ2v) is 1.46. The molecular formula is C2HBF6O2. The van der Waals surface area contributed by atoms with Gasteiger partial charge in [0.2, 0.25) is 0 Å². The van der Waals surface area contributed by atoms with Crippen molar-refractivity contribution in [1.82, 2.24) is 0 Å². The first-order valence-corrected chi connectivity index (χ1v) is 2.12. The molecule has 0 aliphatic carbocycles. The highest BCUT2D eigenvalue weighted by atomic mass is 19.4. The van der Waals surface area contributed by atoms with Crippen LogP contribution in [0.1, 0.15) is 0 Å². The third-order valence-corrected chi connectivity index (χ3v) is 0.525. The molecule has 0 aromatic carbocycles. The quantitative estimate of drug-likeness (QED) is 0.485. The topological polar surface area (TPSA) is 29.5 Å². The van der Waals surface area contributed by atoms with E-state index in [1.54, 1.807) is 0 Å². The molecule has 0 bridgehead atoms. The average molecular weight is 182 g/mol. The second kappa shape index (κ2) is 2.90. The van der Waals surface area contributed by atoms with Crippen LogP contribution in [-0.4, -0.2) is 24.6 Å². The molecule has 11 heavy (non-hydrogen) atoms. The Labute approximate surface area is 56.9 Å². The van der Waals surface area contributed by atoms with Crippen molar-refractivity contribution in [2.75, 3.05) is 0 Å². The summed E-state index contributed by atoms with van der Waals surface area (Å²) in [7, 11) is -3.82. The summed E-state index contributed by atoms with van der Waals surface area (Å²) >= 11 is 0. The standard InChI is InChI=1S/C2HBF6O2/c4-1(5,6)3(10)11-2(7,8)9/h10H. The van der Waals surface area contributed by atoms with Crippen LogP contribution in [0.2, 0.25) is 0 Å². The van der Waals surface area contributed by atoms with Gasteiger partial charge < -0.3 is 9.68 Å². The van der Waals surface area contributed by atoms with Gasteiger partial charge in [-0.2, -0.15) is 13.2 Å². The van der Waals surface area contributed by atoms with Crippen LogP contribution in [0, 0.1) is 0 Å². The molecule has 0 radical (unpaired) electrons. The minimum atomic E-state index is -5.49. The first-order chi connectivity index (χ1) is 4.63. The summed E-state index contributed by atoms with van der Waals surface area (Å²) in [4.78, 5) is 0. The van der Waals surface area contributed by atoms with E-state index in [0.717, 1.165) is 0 Å². The molecule has 0 amide bonds. The fourth-order valence-corrected chi connectivity index (χ4v) is 0.193. The van der Waals surface area contributed by atoms with Crippen LogP contribution < -0.4 is 0 Å². The molecule has 1 N–H and O–H groups in total. The molecule has 0 rings (SSSR count). The third kappa shape index (κ3) is 4.90. The van der Waals surface area contributed by atoms with Crippen LogP contribution in [0.25, 0.3) is 0 Å². The summed E-state index contributed by atoms with van der Waals surface area (Å²) in [5.74, 6) is 0. The van der Waals surface area contributed by atoms with Gasteiger partial charge in [0.25, 0.3) is 0 Å². The van der Waals surface area contributed by atoms with Gasteiger partial charge in [-0.3, -0.25) is 0 Å². The molecule has 66 valence electrons. The molecule has 0 saturated heterocycles. The molecule has 0 heterocycles. The lowest BCUT2D eigenvalue weighted by molar-refractivity contribution is -0.292. The Kier molecular flexibility index (Phi) is 2.78. The summed E-state index contributed by atoms with van der Waals surface area (Å²) in [5, 5.41) is 7.65. The molecule has 0 aromatic rings. The second-order valence-electron chi connectivity index (χ2n) is 1.46. The highest BCUT2D eigenvalue weighted by Gasteiger charge is 2.52. The number of hydrogen-bond donors (Lipinski definition) is 1. The molecule has 0 fully saturated rings. The molecular weight excluding hydrogens is 181 g/mol. The van der Waals surface area contributed by atoms with Crippen molar-refractivity contribution in [3.05, 3.63) is 0 Å². The van der Waals surface area contributed by atoms with Gasteiger partial charge >= 0.3 is 19.6 Å². The number of hydrogen-bond acceptors (Lipinski definition) is 2. The van der Waals surface area contributed by atoms with Crippen molar-refractivity contribution >= 4 is 7.12 Å². The minimum Gasteiger partial charge on any atom is -0.420 e. The van der Waals surface area contributed by atoms with Crippen LogP contribution in [0.4, 0.5) is 26.3 Å². The highest BCUT2D eigenvalue weighted by Crippen LogP contribution is 2.24. The average Bonchev–Trinajstić information content (AvgIpc) is 1.56. The maximum atomic E-state index is 11.1. The lowest BCUT2D eigenvalue weighted by Crippen LogP contribution is -2.41. The summed E-state index contributed by atoms with van der Waals surface area (Å²) in [6.45, 7) is 0. The van der Waals surface area contributed by atoms with Gasteiger partial charge in [0.05, 0.1) is 0 Å². The van der Waals surface area contributed by atoms with Crippen LogP contribution in [0.15, 0.2) is 0 Å². The SMILES string of the molecule is OB(OC(F)(F)F)C(F)(F)F. The predicted molar refractivity (Wildman–Crippen MR) is 21.2 cm³/mol. The fraction of sp³-hybridized carbons (Fsp3) is 1.00. The monoisotopic (exact) mass is 182 g/mol. The van der Waals surface area contributed by atoms with E-state index in [4.69, 9.17) is 5.02 Å². The van der Waals surface area contributed by atoms with E-state index in [1.807, 2.05) is 0 Å². The van der Waals surface area contributed by atoms with E-state index in [1.165, 1.54) is 0 Å². The van der Waals surface area contributed by atoms with E-state index in [9.17, 15) is 26.3 Å². The molecule has 9 heteroatoms. The van der Waals surface area contributed by atoms with Gasteiger partial charge in [0.1, 0.15) is 0 Å². The van der Waals surface area contributed by atoms with Gasteiger partial charge in [-0.05, 0) is 0 Å². The first kappa shape index (κ1) is 10.6. The number of halogens is 6. The Morgan fingerprint density at radius 1 is 1.00 bits per heavy atom. The van der Waals surface area contributed by atoms with Crippen LogP contribution in [0.5, 0.6) is 0 Å². The zero-order valence-corrected chi connectivity index (χ0v) is 4.70. The van der Waals surface area contributed by atoms with E-state index in [2.05, 4.69) is 4.65 Å². The van der Waals surface area contributed by atoms with E-state index < -0.39 is 19.6 Å². The minimum absolute atomic E-state index is 2.23. The molecule has 0 unspecified atom stereocenters. The summed E-state index contributed by atoms with van der Waals surface area (Å²) in [6.07, 6.45) is -10.9. The number of alkyl halides is 6. The van der Waals surface area contributed by atoms with Gasteiger partial charge in [0, 0.05) is 0 Å². The van der Waals surface area contributed by atoms with E-state index >= 15 is 0 Å². The van der Waals surface area contributed by atoms with Gasteiger partial charge in [0.15, 0.2) is 0 Å². The zero-order valence-electron chi connectivity index (χ0n) is 4.70. The van der Waals surface area contributed by atoms with Crippen molar-refractivity contribution in [2.24, 2.45) is 0 Å². The summed E-state index contributed by atoms with van der Waals surface area (Å²) in [5.41, 5.74) is 0. The fourth-order valence-electron chi connectivity index (χ4n) is 0.193. The Bertz CT molecular complexity index is 128. The Morgan fingerprint density at radius 3 is 1.45 bits per heavy atom. The number of rotatable bonds is 1. The van der Waals surface area contributed by atoms with Crippen molar-refractivity contribution in [1.29, 1.82) is 0 Å². The lowest BCUT2D eigenvalue weighted by Gasteiger charge is -2.12. The Hall–Kier alpha value is -0.435. The van der Waals surface area contributed by atoms with Crippen LogP contribution in [-0.2, 0) is 4.65 Å². The molecule has 0 aromatic heterocycles. The summed E-state index contributed by atoms with van der Waals surface area (Å²) < 4.78 is 68.4. The Balaban J connectivity index is 3.99. The van der Waals surface area contributed by atoms with Crippen molar-refractivity contribution < 1.29 is 36.0 Å². The molecule has 0 aliphatic heterocycles. The molecule has 0 saturated carbocycles. The third-order valence-electron chi connectivity index (χ3n) is 0.525. The van der Waals surface area contributed by atoms with Crippen molar-refractivity contribution in [3.8, 4) is 0 Å². The normalized spacial score (nSPS) is 13.4. The predicted octanol–water partition coefficient (Wildman–Crippen LogP) is 1.10. The molecule has 0 atom stereocenters. The maximum absolute atomic E-state index is 11.1. The highest BCUT2D eigenvalue weighted by molar-refractivity contribution is 6.45. The zero-order chi connectivity index (χ0) is 9.28. The lowest BCUT2D eigenvalue weighted by atomic mass is 9.90. The maximum Gasteiger partial charge on any atom is 0.582 e. The smallest absolute Gasteiger partial charge is 0.420 e. The molecule has 0 aliphatic rings. The Morgan fingerprint density at radius 2 is 1.36 bits per heavy atom. The largest absolute Gasteiger partial charge is 0.582 e.